The van der Waals surface area contributed by atoms with Crippen LogP contribution in [0.5, 0.6) is 0 Å². The Labute approximate surface area is 79.3 Å². The molecule has 68 valence electrons. The van der Waals surface area contributed by atoms with Crippen LogP contribution < -0.4 is 15.5 Å². The van der Waals surface area contributed by atoms with Crippen LogP contribution in [0.15, 0.2) is 24.3 Å². The topological polar surface area (TPSA) is 32.3 Å². The van der Waals surface area contributed by atoms with Crippen molar-refractivity contribution in [1.82, 2.24) is 5.32 Å². The van der Waals surface area contributed by atoms with E-state index in [2.05, 4.69) is 14.6 Å². The van der Waals surface area contributed by atoms with E-state index in [-0.39, 0.29) is 6.03 Å². The summed E-state index contributed by atoms with van der Waals surface area (Å²) < 4.78 is 0. The summed E-state index contributed by atoms with van der Waals surface area (Å²) in [5, 5.41) is 3.89. The zero-order chi connectivity index (χ0) is 9.26. The minimum absolute atomic E-state index is 0.00324. The number of carbonyl (C=O) groups is 1. The second-order valence-electron chi connectivity index (χ2n) is 2.98. The Kier molecular flexibility index (Phi) is 2.19. The predicted molar refractivity (Wildman–Crippen MR) is 56.5 cm³/mol. The number of nitrogens with one attached hydrogen (secondary N) is 1. The lowest BCUT2D eigenvalue weighted by atomic mass is 10.3. The normalized spacial score (nSPS) is 16.1. The monoisotopic (exact) mass is 194 g/mol. The fraction of sp³-hybridized carbons (Fsp3) is 0.222. The molecule has 0 bridgehead atoms. The Balaban J connectivity index is 2.25. The third-order valence-corrected chi connectivity index (χ3v) is 2.45. The molecule has 1 saturated heterocycles. The van der Waals surface area contributed by atoms with Gasteiger partial charge in [0, 0.05) is 18.8 Å². The van der Waals surface area contributed by atoms with Crippen LogP contribution in [0.2, 0.25) is 0 Å². The van der Waals surface area contributed by atoms with Gasteiger partial charge in [0.15, 0.2) is 0 Å². The quantitative estimate of drug-likeness (QED) is 0.656. The molecule has 1 atom stereocenters. The molecule has 1 aromatic carbocycles. The highest BCUT2D eigenvalue weighted by Crippen LogP contribution is 2.14. The number of amides is 2. The van der Waals surface area contributed by atoms with Crippen molar-refractivity contribution in [3.05, 3.63) is 24.3 Å². The largest absolute Gasteiger partial charge is 0.336 e. The van der Waals surface area contributed by atoms with E-state index in [0.29, 0.717) is 0 Å². The Bertz CT molecular complexity index is 323. The van der Waals surface area contributed by atoms with E-state index < -0.39 is 0 Å². The zero-order valence-corrected chi connectivity index (χ0v) is 8.31. The Morgan fingerprint density at radius 1 is 1.31 bits per heavy atom. The predicted octanol–water partition coefficient (Wildman–Crippen LogP) is 0.717. The van der Waals surface area contributed by atoms with Crippen molar-refractivity contribution in [2.45, 2.75) is 0 Å². The maximum atomic E-state index is 11.3. The zero-order valence-electron chi connectivity index (χ0n) is 7.16. The molecule has 13 heavy (non-hydrogen) atoms. The van der Waals surface area contributed by atoms with Gasteiger partial charge in [-0.1, -0.05) is 12.1 Å². The number of hydrogen-bond donors (Lipinski definition) is 1. The lowest BCUT2D eigenvalue weighted by molar-refractivity contribution is 0.252. The first-order valence-corrected chi connectivity index (χ1v) is 4.76. The summed E-state index contributed by atoms with van der Waals surface area (Å²) in [4.78, 5) is 13.0. The van der Waals surface area contributed by atoms with E-state index in [1.54, 1.807) is 4.90 Å². The first-order chi connectivity index (χ1) is 6.27. The van der Waals surface area contributed by atoms with Gasteiger partial charge in [-0.3, -0.25) is 4.90 Å². The third-order valence-electron chi connectivity index (χ3n) is 2.06. The molecule has 0 aromatic heterocycles. The molecule has 2 amide bonds. The molecule has 1 fully saturated rings. The molecule has 1 aliphatic heterocycles. The minimum Gasteiger partial charge on any atom is -0.336 e. The summed E-state index contributed by atoms with van der Waals surface area (Å²) in [6.45, 7) is 1.50. The second-order valence-corrected chi connectivity index (χ2v) is 3.64. The molecule has 3 nitrogen and oxygen atoms in total. The lowest BCUT2D eigenvalue weighted by Gasteiger charge is -2.13. The van der Waals surface area contributed by atoms with E-state index in [0.717, 1.165) is 24.1 Å². The average Bonchev–Trinajstić information content (AvgIpc) is 2.53. The first kappa shape index (κ1) is 8.52. The van der Waals surface area contributed by atoms with Gasteiger partial charge in [0.25, 0.3) is 0 Å². The first-order valence-electron chi connectivity index (χ1n) is 4.18. The van der Waals surface area contributed by atoms with Crippen LogP contribution in [0, 0.1) is 0 Å². The highest BCUT2D eigenvalue weighted by molar-refractivity contribution is 7.27. The van der Waals surface area contributed by atoms with Crippen molar-refractivity contribution in [3.63, 3.8) is 0 Å². The highest BCUT2D eigenvalue weighted by Gasteiger charge is 2.20. The highest BCUT2D eigenvalue weighted by atomic mass is 31.0. The number of hydrogen-bond acceptors (Lipinski definition) is 1. The summed E-state index contributed by atoms with van der Waals surface area (Å²) >= 11 is 0. The van der Waals surface area contributed by atoms with Gasteiger partial charge in [0.05, 0.1) is 0 Å². The van der Waals surface area contributed by atoms with Crippen LogP contribution >= 0.6 is 9.24 Å². The van der Waals surface area contributed by atoms with E-state index in [9.17, 15) is 4.79 Å². The SMILES string of the molecule is O=C1NCCN1c1ccc(P)cc1. The van der Waals surface area contributed by atoms with E-state index in [1.165, 1.54) is 0 Å². The van der Waals surface area contributed by atoms with E-state index in [4.69, 9.17) is 0 Å². The van der Waals surface area contributed by atoms with Crippen LogP contribution in [0.4, 0.5) is 10.5 Å². The van der Waals surface area contributed by atoms with Crippen molar-refractivity contribution in [1.29, 1.82) is 0 Å². The van der Waals surface area contributed by atoms with Gasteiger partial charge in [-0.2, -0.15) is 0 Å². The van der Waals surface area contributed by atoms with Crippen LogP contribution in [0.3, 0.4) is 0 Å². The summed E-state index contributed by atoms with van der Waals surface area (Å²) in [7, 11) is 2.62. The van der Waals surface area contributed by atoms with Crippen LogP contribution in [0.25, 0.3) is 0 Å². The van der Waals surface area contributed by atoms with Gasteiger partial charge >= 0.3 is 6.03 Å². The summed E-state index contributed by atoms with van der Waals surface area (Å²) in [5.74, 6) is 0. The molecule has 1 N–H and O–H groups in total. The average molecular weight is 194 g/mol. The number of benzene rings is 1. The van der Waals surface area contributed by atoms with Crippen molar-refractivity contribution >= 4 is 26.3 Å². The maximum absolute atomic E-state index is 11.3. The van der Waals surface area contributed by atoms with Gasteiger partial charge in [0.2, 0.25) is 0 Å². The molecule has 1 unspecified atom stereocenters. The van der Waals surface area contributed by atoms with E-state index in [1.807, 2.05) is 24.3 Å². The fourth-order valence-electron chi connectivity index (χ4n) is 1.37. The number of nitrogens with zero attached hydrogens (tertiary/aromatic N) is 1. The number of urea groups is 1. The minimum atomic E-state index is -0.00324. The smallest absolute Gasteiger partial charge is 0.321 e. The molecule has 0 spiro atoms. The van der Waals surface area contributed by atoms with E-state index >= 15 is 0 Å². The van der Waals surface area contributed by atoms with Crippen molar-refractivity contribution in [2.75, 3.05) is 18.0 Å². The summed E-state index contributed by atoms with van der Waals surface area (Å²) in [6, 6.07) is 7.86. The standard InChI is InChI=1S/C9H11N2OP/c12-9-10-5-6-11(9)7-1-3-8(13)4-2-7/h1-4H,5-6,13H2,(H,10,12). The van der Waals surface area contributed by atoms with Gasteiger partial charge in [-0.05, 0) is 17.4 Å². The van der Waals surface area contributed by atoms with Crippen molar-refractivity contribution in [3.8, 4) is 0 Å². The molecular weight excluding hydrogens is 183 g/mol. The van der Waals surface area contributed by atoms with Gasteiger partial charge < -0.3 is 5.32 Å². The van der Waals surface area contributed by atoms with Gasteiger partial charge in [0.1, 0.15) is 0 Å². The van der Waals surface area contributed by atoms with Crippen LogP contribution in [-0.2, 0) is 0 Å². The molecule has 1 heterocycles. The van der Waals surface area contributed by atoms with Crippen molar-refractivity contribution in [2.24, 2.45) is 0 Å². The molecule has 1 aromatic rings. The molecular formula is C9H11N2OP. The van der Waals surface area contributed by atoms with Gasteiger partial charge in [-0.15, -0.1) is 9.24 Å². The lowest BCUT2D eigenvalue weighted by Crippen LogP contribution is -2.27. The Hall–Kier alpha value is -1.08. The number of anilines is 1. The molecule has 1 aliphatic rings. The molecule has 4 heteroatoms. The Morgan fingerprint density at radius 2 is 2.00 bits per heavy atom. The summed E-state index contributed by atoms with van der Waals surface area (Å²) in [6.07, 6.45) is 0. The second kappa shape index (κ2) is 3.35. The van der Waals surface area contributed by atoms with Crippen LogP contribution in [-0.4, -0.2) is 19.1 Å². The maximum Gasteiger partial charge on any atom is 0.321 e. The molecule has 0 aliphatic carbocycles. The fourth-order valence-corrected chi connectivity index (χ4v) is 1.56. The molecule has 2 rings (SSSR count). The van der Waals surface area contributed by atoms with Crippen LogP contribution in [0.1, 0.15) is 0 Å². The number of carbonyl (C=O) groups excluding carboxylic acids is 1. The van der Waals surface area contributed by atoms with Gasteiger partial charge in [-0.25, -0.2) is 4.79 Å². The van der Waals surface area contributed by atoms with Crippen molar-refractivity contribution < 1.29 is 4.79 Å². The summed E-state index contributed by atoms with van der Waals surface area (Å²) in [5.41, 5.74) is 0.959. The third kappa shape index (κ3) is 1.65. The molecule has 0 radical (unpaired) electrons. The molecule has 0 saturated carbocycles. The Morgan fingerprint density at radius 3 is 2.54 bits per heavy atom. The number of rotatable bonds is 1.